The highest BCUT2D eigenvalue weighted by molar-refractivity contribution is 5.57. The summed E-state index contributed by atoms with van der Waals surface area (Å²) >= 11 is 0. The molecule has 0 bridgehead atoms. The summed E-state index contributed by atoms with van der Waals surface area (Å²) in [6.07, 6.45) is -4.75. The van der Waals surface area contributed by atoms with Crippen molar-refractivity contribution >= 4 is 11.4 Å². The van der Waals surface area contributed by atoms with Gasteiger partial charge in [0.05, 0.1) is 29.7 Å². The van der Waals surface area contributed by atoms with Crippen molar-refractivity contribution < 1.29 is 27.2 Å². The van der Waals surface area contributed by atoms with Crippen LogP contribution in [0.15, 0.2) is 42.5 Å². The number of alkyl halides is 3. The van der Waals surface area contributed by atoms with E-state index in [1.165, 1.54) is 12.1 Å². The van der Waals surface area contributed by atoms with Crippen LogP contribution in [0, 0.1) is 15.9 Å². The molecule has 10 heteroatoms. The van der Waals surface area contributed by atoms with E-state index in [4.69, 9.17) is 4.74 Å². The summed E-state index contributed by atoms with van der Waals surface area (Å²) in [5.74, 6) is -0.405. The maximum Gasteiger partial charge on any atom is 0.418 e. The molecule has 156 valence electrons. The van der Waals surface area contributed by atoms with Crippen molar-refractivity contribution in [2.75, 3.05) is 38.2 Å². The molecule has 2 aromatic carbocycles. The lowest BCUT2D eigenvalue weighted by atomic mass is 10.0. The summed E-state index contributed by atoms with van der Waals surface area (Å²) < 4.78 is 58.9. The predicted octanol–water partition coefficient (Wildman–Crippen LogP) is 4.24. The van der Waals surface area contributed by atoms with Crippen LogP contribution < -0.4 is 5.32 Å². The van der Waals surface area contributed by atoms with E-state index in [0.29, 0.717) is 32.4 Å². The molecule has 29 heavy (non-hydrogen) atoms. The van der Waals surface area contributed by atoms with Gasteiger partial charge < -0.3 is 10.1 Å². The Hall–Kier alpha value is -2.72. The van der Waals surface area contributed by atoms with Crippen LogP contribution in [0.1, 0.15) is 17.2 Å². The molecule has 2 aromatic rings. The van der Waals surface area contributed by atoms with Crippen LogP contribution in [0.3, 0.4) is 0 Å². The molecule has 1 saturated heterocycles. The largest absolute Gasteiger partial charge is 0.418 e. The van der Waals surface area contributed by atoms with Crippen molar-refractivity contribution in [1.29, 1.82) is 0 Å². The molecule has 1 N–H and O–H groups in total. The average Bonchev–Trinajstić information content (AvgIpc) is 2.69. The van der Waals surface area contributed by atoms with Crippen molar-refractivity contribution in [3.05, 3.63) is 69.5 Å². The average molecular weight is 413 g/mol. The highest BCUT2D eigenvalue weighted by Crippen LogP contribution is 2.37. The first kappa shape index (κ1) is 21.0. The molecular formula is C19H19F4N3O3. The van der Waals surface area contributed by atoms with Gasteiger partial charge in [0, 0.05) is 37.5 Å². The van der Waals surface area contributed by atoms with Gasteiger partial charge >= 0.3 is 6.18 Å². The quantitative estimate of drug-likeness (QED) is 0.436. The van der Waals surface area contributed by atoms with Crippen LogP contribution in [0.2, 0.25) is 0 Å². The Bertz CT molecular complexity index is 853. The van der Waals surface area contributed by atoms with Gasteiger partial charge in [-0.05, 0) is 23.8 Å². The number of nitro groups is 1. The van der Waals surface area contributed by atoms with Gasteiger partial charge in [0.15, 0.2) is 0 Å². The lowest BCUT2D eigenvalue weighted by Crippen LogP contribution is -2.41. The molecule has 0 aromatic heterocycles. The summed E-state index contributed by atoms with van der Waals surface area (Å²) in [7, 11) is 0. The SMILES string of the molecule is O=[N+]([O-])c1ccc(NCC(c2ccc(F)cc2)N2CCOCC2)c(C(F)(F)F)c1. The zero-order valence-corrected chi connectivity index (χ0v) is 15.3. The summed E-state index contributed by atoms with van der Waals surface area (Å²) in [6, 6.07) is 8.07. The van der Waals surface area contributed by atoms with Crippen LogP contribution in [-0.4, -0.2) is 42.7 Å². The fourth-order valence-electron chi connectivity index (χ4n) is 3.27. The normalized spacial score (nSPS) is 16.4. The fraction of sp³-hybridized carbons (Fsp3) is 0.368. The van der Waals surface area contributed by atoms with E-state index in [2.05, 4.69) is 5.32 Å². The van der Waals surface area contributed by atoms with Crippen LogP contribution in [0.5, 0.6) is 0 Å². The minimum absolute atomic E-state index is 0.104. The monoisotopic (exact) mass is 413 g/mol. The molecule has 0 spiro atoms. The number of nitro benzene ring substituents is 1. The molecular weight excluding hydrogens is 394 g/mol. The Balaban J connectivity index is 1.87. The molecule has 6 nitrogen and oxygen atoms in total. The van der Waals surface area contributed by atoms with E-state index >= 15 is 0 Å². The van der Waals surface area contributed by atoms with Gasteiger partial charge in [-0.1, -0.05) is 12.1 Å². The second-order valence-electron chi connectivity index (χ2n) is 6.58. The topological polar surface area (TPSA) is 67.6 Å². The number of halogens is 4. The second-order valence-corrected chi connectivity index (χ2v) is 6.58. The predicted molar refractivity (Wildman–Crippen MR) is 98.1 cm³/mol. The molecule has 0 radical (unpaired) electrons. The number of morpholine rings is 1. The van der Waals surface area contributed by atoms with Crippen LogP contribution in [0.25, 0.3) is 0 Å². The fourth-order valence-corrected chi connectivity index (χ4v) is 3.27. The summed E-state index contributed by atoms with van der Waals surface area (Å²) in [5, 5.41) is 13.6. The van der Waals surface area contributed by atoms with Crippen LogP contribution in [0.4, 0.5) is 28.9 Å². The third kappa shape index (κ3) is 5.21. The smallest absolute Gasteiger partial charge is 0.383 e. The van der Waals surface area contributed by atoms with Gasteiger partial charge in [-0.2, -0.15) is 13.2 Å². The first-order chi connectivity index (χ1) is 13.8. The molecule has 1 aliphatic rings. The van der Waals surface area contributed by atoms with Crippen molar-refractivity contribution in [3.8, 4) is 0 Å². The molecule has 0 saturated carbocycles. The number of nitrogens with one attached hydrogen (secondary N) is 1. The van der Waals surface area contributed by atoms with Crippen molar-refractivity contribution in [3.63, 3.8) is 0 Å². The summed E-state index contributed by atoms with van der Waals surface area (Å²) in [6.45, 7) is 2.24. The molecule has 0 aliphatic carbocycles. The van der Waals surface area contributed by atoms with Gasteiger partial charge in [0.2, 0.25) is 0 Å². The molecule has 1 heterocycles. The van der Waals surface area contributed by atoms with Crippen molar-refractivity contribution in [2.45, 2.75) is 12.2 Å². The van der Waals surface area contributed by atoms with Crippen molar-refractivity contribution in [1.82, 2.24) is 4.90 Å². The molecule has 0 amide bonds. The van der Waals surface area contributed by atoms with Crippen LogP contribution >= 0.6 is 0 Å². The first-order valence-electron chi connectivity index (χ1n) is 8.92. The minimum Gasteiger partial charge on any atom is -0.383 e. The van der Waals surface area contributed by atoms with Gasteiger partial charge in [-0.25, -0.2) is 4.39 Å². The third-order valence-corrected chi connectivity index (χ3v) is 4.75. The zero-order valence-electron chi connectivity index (χ0n) is 15.3. The summed E-state index contributed by atoms with van der Waals surface area (Å²) in [5.41, 5.74) is -1.24. The Labute approximate surface area is 164 Å². The van der Waals surface area contributed by atoms with Gasteiger partial charge in [-0.3, -0.25) is 15.0 Å². The van der Waals surface area contributed by atoms with Gasteiger partial charge in [-0.15, -0.1) is 0 Å². The maximum absolute atomic E-state index is 13.4. The Morgan fingerprint density at radius 2 is 1.79 bits per heavy atom. The van der Waals surface area contributed by atoms with E-state index in [9.17, 15) is 27.7 Å². The molecule has 1 unspecified atom stereocenters. The van der Waals surface area contributed by atoms with Gasteiger partial charge in [0.1, 0.15) is 5.82 Å². The number of anilines is 1. The highest BCUT2D eigenvalue weighted by Gasteiger charge is 2.35. The van der Waals surface area contributed by atoms with E-state index in [-0.39, 0.29) is 18.3 Å². The molecule has 3 rings (SSSR count). The number of ether oxygens (including phenoxy) is 1. The third-order valence-electron chi connectivity index (χ3n) is 4.75. The standard InChI is InChI=1S/C19H19F4N3O3/c20-14-3-1-13(2-4-14)18(25-7-9-29-10-8-25)12-24-17-6-5-15(26(27)28)11-16(17)19(21,22)23/h1-6,11,18,24H,7-10,12H2. The minimum atomic E-state index is -4.75. The zero-order chi connectivity index (χ0) is 21.0. The number of benzene rings is 2. The highest BCUT2D eigenvalue weighted by atomic mass is 19.4. The van der Waals surface area contributed by atoms with E-state index in [0.717, 1.165) is 17.7 Å². The number of nitrogens with zero attached hydrogens (tertiary/aromatic N) is 2. The Morgan fingerprint density at radius 1 is 1.14 bits per heavy atom. The first-order valence-corrected chi connectivity index (χ1v) is 8.92. The molecule has 1 aliphatic heterocycles. The maximum atomic E-state index is 13.4. The second kappa shape index (κ2) is 8.75. The Morgan fingerprint density at radius 3 is 2.38 bits per heavy atom. The van der Waals surface area contributed by atoms with Crippen molar-refractivity contribution in [2.24, 2.45) is 0 Å². The Kier molecular flexibility index (Phi) is 6.33. The lowest BCUT2D eigenvalue weighted by molar-refractivity contribution is -0.385. The van der Waals surface area contributed by atoms with E-state index < -0.39 is 28.2 Å². The number of non-ortho nitro benzene ring substituents is 1. The lowest BCUT2D eigenvalue weighted by Gasteiger charge is -2.35. The van der Waals surface area contributed by atoms with Gasteiger partial charge in [0.25, 0.3) is 5.69 Å². The molecule has 1 atom stereocenters. The number of rotatable bonds is 6. The van der Waals surface area contributed by atoms with E-state index in [1.54, 1.807) is 12.1 Å². The van der Waals surface area contributed by atoms with E-state index in [1.807, 2.05) is 4.90 Å². The number of hydrogen-bond acceptors (Lipinski definition) is 5. The molecule has 1 fully saturated rings. The summed E-state index contributed by atoms with van der Waals surface area (Å²) in [4.78, 5) is 12.0. The van der Waals surface area contributed by atoms with Crippen LogP contribution in [-0.2, 0) is 10.9 Å². The number of hydrogen-bond donors (Lipinski definition) is 1.